The molecule has 2 aromatic carbocycles. The van der Waals surface area contributed by atoms with Crippen molar-refractivity contribution in [2.75, 3.05) is 12.4 Å². The number of anilines is 1. The van der Waals surface area contributed by atoms with Crippen LogP contribution in [0.2, 0.25) is 0 Å². The van der Waals surface area contributed by atoms with Gasteiger partial charge in [-0.3, -0.25) is 0 Å². The Morgan fingerprint density at radius 1 is 1.03 bits per heavy atom. The number of methoxy groups -OCH3 is 1. The van der Waals surface area contributed by atoms with E-state index in [1.165, 1.54) is 5.56 Å². The van der Waals surface area contributed by atoms with E-state index in [1.807, 2.05) is 31.2 Å². The van der Waals surface area contributed by atoms with Crippen LogP contribution in [0.5, 0.6) is 0 Å². The Kier molecular flexibility index (Phi) is 5.53. The summed E-state index contributed by atoms with van der Waals surface area (Å²) in [5, 5.41) is 13.4. The first-order chi connectivity index (χ1) is 14.2. The molecule has 0 spiro atoms. The van der Waals surface area contributed by atoms with Crippen molar-refractivity contribution < 1.29 is 4.74 Å². The van der Waals surface area contributed by atoms with Gasteiger partial charge in [-0.05, 0) is 18.9 Å². The number of hydrogen-bond acceptors (Lipinski definition) is 5. The van der Waals surface area contributed by atoms with Gasteiger partial charge in [-0.1, -0.05) is 55.5 Å². The van der Waals surface area contributed by atoms with Crippen LogP contribution in [0.3, 0.4) is 0 Å². The Morgan fingerprint density at radius 2 is 1.86 bits per heavy atom. The van der Waals surface area contributed by atoms with E-state index in [9.17, 15) is 0 Å². The number of aromatic nitrogens is 4. The molecule has 6 nitrogen and oxygen atoms in total. The number of benzene rings is 2. The summed E-state index contributed by atoms with van der Waals surface area (Å²) in [6.07, 6.45) is 0.766. The standard InChI is InChI=1S/C23H25N5O/c1-4-19-22(24-13-16-9-6-5-7-10-16)26-23(28-27-19)20-15(2)25-21-17(14-29-3)11-8-12-18(20)21/h5-12,25H,4,13-14H2,1-3H3,(H,24,26,28). The summed E-state index contributed by atoms with van der Waals surface area (Å²) in [5.74, 6) is 1.40. The quantitative estimate of drug-likeness (QED) is 0.483. The van der Waals surface area contributed by atoms with Crippen LogP contribution in [0, 0.1) is 6.92 Å². The molecule has 2 N–H and O–H groups in total. The van der Waals surface area contributed by atoms with Gasteiger partial charge in [0, 0.05) is 35.9 Å². The summed E-state index contributed by atoms with van der Waals surface area (Å²) in [6, 6.07) is 16.5. The van der Waals surface area contributed by atoms with E-state index >= 15 is 0 Å². The van der Waals surface area contributed by atoms with Crippen LogP contribution in [0.1, 0.15) is 29.4 Å². The highest BCUT2D eigenvalue weighted by molar-refractivity contribution is 5.97. The molecule has 0 aliphatic carbocycles. The Morgan fingerprint density at radius 3 is 2.62 bits per heavy atom. The van der Waals surface area contributed by atoms with Crippen molar-refractivity contribution in [1.82, 2.24) is 20.2 Å². The van der Waals surface area contributed by atoms with E-state index in [0.29, 0.717) is 19.0 Å². The van der Waals surface area contributed by atoms with Gasteiger partial charge in [0.05, 0.1) is 12.1 Å². The van der Waals surface area contributed by atoms with Gasteiger partial charge >= 0.3 is 0 Å². The number of rotatable bonds is 7. The van der Waals surface area contributed by atoms with Gasteiger partial charge in [0.1, 0.15) is 5.69 Å². The van der Waals surface area contributed by atoms with E-state index in [1.54, 1.807) is 7.11 Å². The predicted octanol–water partition coefficient (Wildman–Crippen LogP) is 4.65. The van der Waals surface area contributed by atoms with Crippen LogP contribution < -0.4 is 5.32 Å². The highest BCUT2D eigenvalue weighted by atomic mass is 16.5. The van der Waals surface area contributed by atoms with Gasteiger partial charge in [-0.25, -0.2) is 4.98 Å². The SMILES string of the molecule is CCc1nnc(-c2c(C)[nH]c3c(COC)cccc23)nc1NCc1ccccc1. The number of H-pyrrole nitrogens is 1. The zero-order valence-electron chi connectivity index (χ0n) is 17.0. The first-order valence-corrected chi connectivity index (χ1v) is 9.82. The van der Waals surface area contributed by atoms with E-state index in [0.717, 1.165) is 45.7 Å². The lowest BCUT2D eigenvalue weighted by atomic mass is 10.1. The number of aromatic amines is 1. The van der Waals surface area contributed by atoms with Gasteiger partial charge < -0.3 is 15.0 Å². The van der Waals surface area contributed by atoms with E-state index in [4.69, 9.17) is 9.72 Å². The van der Waals surface area contributed by atoms with Crippen molar-refractivity contribution in [3.05, 3.63) is 71.0 Å². The number of para-hydroxylation sites is 1. The molecular formula is C23H25N5O. The molecule has 0 unspecified atom stereocenters. The van der Waals surface area contributed by atoms with Gasteiger partial charge in [0.15, 0.2) is 11.6 Å². The van der Waals surface area contributed by atoms with Crippen LogP contribution in [0.4, 0.5) is 5.82 Å². The van der Waals surface area contributed by atoms with Crippen molar-refractivity contribution in [2.45, 2.75) is 33.4 Å². The Bertz CT molecular complexity index is 1120. The molecule has 2 heterocycles. The Balaban J connectivity index is 1.74. The second-order valence-corrected chi connectivity index (χ2v) is 7.02. The molecule has 148 valence electrons. The summed E-state index contributed by atoms with van der Waals surface area (Å²) in [7, 11) is 1.71. The van der Waals surface area contributed by atoms with Crippen molar-refractivity contribution in [1.29, 1.82) is 0 Å². The zero-order chi connectivity index (χ0) is 20.2. The average Bonchev–Trinajstić information content (AvgIpc) is 3.10. The molecule has 0 fully saturated rings. The van der Waals surface area contributed by atoms with Crippen LogP contribution in [-0.2, 0) is 24.3 Å². The normalized spacial score (nSPS) is 11.1. The molecule has 0 amide bonds. The van der Waals surface area contributed by atoms with Crippen LogP contribution in [0.15, 0.2) is 48.5 Å². The third-order valence-electron chi connectivity index (χ3n) is 5.03. The number of aryl methyl sites for hydroxylation is 2. The van der Waals surface area contributed by atoms with Crippen LogP contribution >= 0.6 is 0 Å². The first kappa shape index (κ1) is 19.1. The summed E-state index contributed by atoms with van der Waals surface area (Å²) in [6.45, 7) is 5.35. The van der Waals surface area contributed by atoms with Crippen molar-refractivity contribution in [2.24, 2.45) is 0 Å². The average molecular weight is 387 g/mol. The maximum Gasteiger partial charge on any atom is 0.186 e. The number of ether oxygens (including phenoxy) is 1. The molecule has 0 saturated carbocycles. The fraction of sp³-hybridized carbons (Fsp3) is 0.261. The van der Waals surface area contributed by atoms with Crippen LogP contribution in [-0.4, -0.2) is 27.3 Å². The summed E-state index contributed by atoms with van der Waals surface area (Å²) in [5.41, 5.74) is 6.23. The molecule has 0 bridgehead atoms. The molecule has 0 saturated heterocycles. The zero-order valence-corrected chi connectivity index (χ0v) is 17.0. The molecule has 0 aliphatic heterocycles. The minimum Gasteiger partial charge on any atom is -0.380 e. The lowest BCUT2D eigenvalue weighted by Gasteiger charge is -2.10. The molecule has 29 heavy (non-hydrogen) atoms. The lowest BCUT2D eigenvalue weighted by Crippen LogP contribution is -2.08. The minimum atomic E-state index is 0.550. The molecule has 4 aromatic rings. The number of nitrogens with zero attached hydrogens (tertiary/aromatic N) is 3. The second kappa shape index (κ2) is 8.41. The molecule has 0 radical (unpaired) electrons. The van der Waals surface area contributed by atoms with E-state index < -0.39 is 0 Å². The fourth-order valence-electron chi connectivity index (χ4n) is 3.59. The van der Waals surface area contributed by atoms with Crippen LogP contribution in [0.25, 0.3) is 22.3 Å². The second-order valence-electron chi connectivity index (χ2n) is 7.02. The molecular weight excluding hydrogens is 362 g/mol. The topological polar surface area (TPSA) is 75.7 Å². The summed E-state index contributed by atoms with van der Waals surface area (Å²) >= 11 is 0. The maximum atomic E-state index is 5.34. The highest BCUT2D eigenvalue weighted by Crippen LogP contribution is 2.32. The highest BCUT2D eigenvalue weighted by Gasteiger charge is 2.17. The monoisotopic (exact) mass is 387 g/mol. The minimum absolute atomic E-state index is 0.550. The smallest absolute Gasteiger partial charge is 0.186 e. The van der Waals surface area contributed by atoms with Gasteiger partial charge in [-0.2, -0.15) is 0 Å². The predicted molar refractivity (Wildman–Crippen MR) is 116 cm³/mol. The van der Waals surface area contributed by atoms with Crippen molar-refractivity contribution >= 4 is 16.7 Å². The van der Waals surface area contributed by atoms with Gasteiger partial charge in [0.2, 0.25) is 0 Å². The third kappa shape index (κ3) is 3.84. The number of fused-ring (bicyclic) bond motifs is 1. The molecule has 6 heteroatoms. The number of nitrogens with one attached hydrogen (secondary N) is 2. The van der Waals surface area contributed by atoms with Crippen molar-refractivity contribution in [3.8, 4) is 11.4 Å². The van der Waals surface area contributed by atoms with E-state index in [-0.39, 0.29) is 0 Å². The molecule has 0 atom stereocenters. The molecule has 2 aromatic heterocycles. The maximum absolute atomic E-state index is 5.34. The van der Waals surface area contributed by atoms with E-state index in [2.05, 4.69) is 51.7 Å². The summed E-state index contributed by atoms with van der Waals surface area (Å²) < 4.78 is 5.34. The van der Waals surface area contributed by atoms with Crippen molar-refractivity contribution in [3.63, 3.8) is 0 Å². The number of hydrogen-bond donors (Lipinski definition) is 2. The molecule has 0 aliphatic rings. The van der Waals surface area contributed by atoms with Gasteiger partial charge in [-0.15, -0.1) is 10.2 Å². The third-order valence-corrected chi connectivity index (χ3v) is 5.03. The first-order valence-electron chi connectivity index (χ1n) is 9.82. The molecule has 4 rings (SSSR count). The Hall–Kier alpha value is -3.25. The Labute approximate surface area is 170 Å². The summed E-state index contributed by atoms with van der Waals surface area (Å²) in [4.78, 5) is 8.33. The fourth-order valence-corrected chi connectivity index (χ4v) is 3.59. The lowest BCUT2D eigenvalue weighted by molar-refractivity contribution is 0.186. The largest absolute Gasteiger partial charge is 0.380 e. The van der Waals surface area contributed by atoms with Gasteiger partial charge in [0.25, 0.3) is 0 Å².